The van der Waals surface area contributed by atoms with Gasteiger partial charge >= 0.3 is 6.03 Å². The van der Waals surface area contributed by atoms with E-state index in [-0.39, 0.29) is 10.8 Å². The fourth-order valence-electron chi connectivity index (χ4n) is 1.41. The first-order valence-corrected chi connectivity index (χ1v) is 5.64. The molecule has 0 bridgehead atoms. The van der Waals surface area contributed by atoms with E-state index in [2.05, 4.69) is 10.6 Å². The van der Waals surface area contributed by atoms with Crippen LogP contribution in [0.4, 0.5) is 16.2 Å². The number of carbonyl (C=O) groups excluding carboxylic acids is 1. The van der Waals surface area contributed by atoms with Crippen LogP contribution in [0.15, 0.2) is 48.5 Å². The van der Waals surface area contributed by atoms with Gasteiger partial charge in [0.15, 0.2) is 0 Å². The summed E-state index contributed by atoms with van der Waals surface area (Å²) < 4.78 is 0. The van der Waals surface area contributed by atoms with Crippen molar-refractivity contribution < 1.29 is 9.90 Å². The van der Waals surface area contributed by atoms with E-state index in [0.717, 1.165) is 0 Å². The average Bonchev–Trinajstić information content (AvgIpc) is 2.34. The molecule has 5 heteroatoms. The molecule has 92 valence electrons. The molecular weight excluding hydrogens is 252 g/mol. The molecule has 0 saturated carbocycles. The molecule has 0 atom stereocenters. The number of carbonyl (C=O) groups is 1. The van der Waals surface area contributed by atoms with E-state index < -0.39 is 6.03 Å². The highest BCUT2D eigenvalue weighted by Crippen LogP contribution is 2.25. The molecular formula is C13H11ClN2O2. The van der Waals surface area contributed by atoms with Gasteiger partial charge in [0.2, 0.25) is 0 Å². The van der Waals surface area contributed by atoms with Gasteiger partial charge in [0, 0.05) is 11.8 Å². The predicted octanol–water partition coefficient (Wildman–Crippen LogP) is 3.69. The minimum Gasteiger partial charge on any atom is -0.508 e. The van der Waals surface area contributed by atoms with Gasteiger partial charge in [0.25, 0.3) is 0 Å². The Balaban J connectivity index is 2.03. The normalized spacial score (nSPS) is 9.83. The largest absolute Gasteiger partial charge is 0.508 e. The van der Waals surface area contributed by atoms with Gasteiger partial charge in [-0.1, -0.05) is 29.8 Å². The summed E-state index contributed by atoms with van der Waals surface area (Å²) in [5.74, 6) is 0.0500. The number of benzene rings is 2. The molecule has 0 radical (unpaired) electrons. The minimum atomic E-state index is -0.395. The van der Waals surface area contributed by atoms with Crippen LogP contribution in [0.5, 0.6) is 5.75 Å². The van der Waals surface area contributed by atoms with Crippen LogP contribution in [-0.2, 0) is 0 Å². The first-order chi connectivity index (χ1) is 8.65. The van der Waals surface area contributed by atoms with Gasteiger partial charge in [-0.3, -0.25) is 0 Å². The highest BCUT2D eigenvalue weighted by molar-refractivity contribution is 6.34. The zero-order chi connectivity index (χ0) is 13.0. The molecule has 0 heterocycles. The number of nitrogens with one attached hydrogen (secondary N) is 2. The summed E-state index contributed by atoms with van der Waals surface area (Å²) >= 11 is 5.87. The Hall–Kier alpha value is -2.20. The molecule has 2 amide bonds. The van der Waals surface area contributed by atoms with Crippen molar-refractivity contribution in [1.82, 2.24) is 0 Å². The number of anilines is 2. The number of amides is 2. The maximum absolute atomic E-state index is 11.7. The summed E-state index contributed by atoms with van der Waals surface area (Å²) in [4.78, 5) is 11.7. The summed E-state index contributed by atoms with van der Waals surface area (Å²) in [6, 6.07) is 13.0. The first kappa shape index (κ1) is 12.3. The molecule has 0 spiro atoms. The van der Waals surface area contributed by atoms with Crippen molar-refractivity contribution in [2.24, 2.45) is 0 Å². The summed E-state index contributed by atoms with van der Waals surface area (Å²) in [7, 11) is 0. The molecule has 18 heavy (non-hydrogen) atoms. The van der Waals surface area contributed by atoms with Gasteiger partial charge in [0.05, 0.1) is 10.7 Å². The van der Waals surface area contributed by atoms with Crippen molar-refractivity contribution in [2.75, 3.05) is 10.6 Å². The number of hydrogen-bond donors (Lipinski definition) is 3. The number of hydrogen-bond acceptors (Lipinski definition) is 2. The van der Waals surface area contributed by atoms with Gasteiger partial charge in [-0.25, -0.2) is 4.79 Å². The van der Waals surface area contributed by atoms with E-state index in [4.69, 9.17) is 11.6 Å². The third kappa shape index (κ3) is 3.15. The zero-order valence-electron chi connectivity index (χ0n) is 9.35. The van der Waals surface area contributed by atoms with Crippen LogP contribution in [0.3, 0.4) is 0 Å². The SMILES string of the molecule is O=C(Nc1ccccc1)Nc1ccc(O)cc1Cl. The van der Waals surface area contributed by atoms with Crippen LogP contribution < -0.4 is 10.6 Å². The van der Waals surface area contributed by atoms with Gasteiger partial charge < -0.3 is 15.7 Å². The number of rotatable bonds is 2. The lowest BCUT2D eigenvalue weighted by molar-refractivity contribution is 0.262. The minimum absolute atomic E-state index is 0.0500. The second kappa shape index (κ2) is 5.42. The van der Waals surface area contributed by atoms with E-state index in [1.165, 1.54) is 18.2 Å². The molecule has 4 nitrogen and oxygen atoms in total. The number of urea groups is 1. The molecule has 0 saturated heterocycles. The van der Waals surface area contributed by atoms with E-state index in [1.54, 1.807) is 12.1 Å². The van der Waals surface area contributed by atoms with Gasteiger partial charge in [0.1, 0.15) is 5.75 Å². The third-order valence-corrected chi connectivity index (χ3v) is 2.55. The third-order valence-electron chi connectivity index (χ3n) is 2.23. The van der Waals surface area contributed by atoms with Crippen LogP contribution in [0, 0.1) is 0 Å². The van der Waals surface area contributed by atoms with E-state index in [1.807, 2.05) is 18.2 Å². The van der Waals surface area contributed by atoms with Gasteiger partial charge in [-0.2, -0.15) is 0 Å². The first-order valence-electron chi connectivity index (χ1n) is 5.27. The predicted molar refractivity (Wildman–Crippen MR) is 72.2 cm³/mol. The fraction of sp³-hybridized carbons (Fsp3) is 0. The van der Waals surface area contributed by atoms with E-state index >= 15 is 0 Å². The number of phenols is 1. The molecule has 0 aliphatic heterocycles. The second-order valence-corrected chi connectivity index (χ2v) is 4.02. The maximum Gasteiger partial charge on any atom is 0.323 e. The fourth-order valence-corrected chi connectivity index (χ4v) is 1.63. The Morgan fingerprint density at radius 3 is 2.44 bits per heavy atom. The number of phenolic OH excluding ortho intramolecular Hbond substituents is 1. The summed E-state index contributed by atoms with van der Waals surface area (Å²) in [5.41, 5.74) is 1.12. The smallest absolute Gasteiger partial charge is 0.323 e. The Bertz CT molecular complexity index is 558. The lowest BCUT2D eigenvalue weighted by Gasteiger charge is -2.09. The molecule has 2 rings (SSSR count). The summed E-state index contributed by atoms with van der Waals surface area (Å²) in [5, 5.41) is 14.7. The highest BCUT2D eigenvalue weighted by atomic mass is 35.5. The lowest BCUT2D eigenvalue weighted by atomic mass is 10.3. The van der Waals surface area contributed by atoms with Crippen molar-refractivity contribution in [3.8, 4) is 5.75 Å². The number of aromatic hydroxyl groups is 1. The maximum atomic E-state index is 11.7. The Morgan fingerprint density at radius 1 is 1.06 bits per heavy atom. The topological polar surface area (TPSA) is 61.4 Å². The standard InChI is InChI=1S/C13H11ClN2O2/c14-11-8-10(17)6-7-12(11)16-13(18)15-9-4-2-1-3-5-9/h1-8,17H,(H2,15,16,18). The molecule has 0 aliphatic rings. The Morgan fingerprint density at radius 2 is 1.78 bits per heavy atom. The van der Waals surface area contributed by atoms with Crippen molar-refractivity contribution in [3.05, 3.63) is 53.6 Å². The quantitative estimate of drug-likeness (QED) is 0.723. The van der Waals surface area contributed by atoms with Crippen LogP contribution in [0.2, 0.25) is 5.02 Å². The number of halogens is 1. The second-order valence-electron chi connectivity index (χ2n) is 3.61. The van der Waals surface area contributed by atoms with E-state index in [9.17, 15) is 9.90 Å². The molecule has 0 fully saturated rings. The van der Waals surface area contributed by atoms with Crippen LogP contribution in [0.25, 0.3) is 0 Å². The Labute approximate surface area is 109 Å². The van der Waals surface area contributed by atoms with Gasteiger partial charge in [-0.05, 0) is 24.3 Å². The van der Waals surface area contributed by atoms with Crippen LogP contribution in [-0.4, -0.2) is 11.1 Å². The monoisotopic (exact) mass is 262 g/mol. The summed E-state index contributed by atoms with van der Waals surface area (Å²) in [6.45, 7) is 0. The molecule has 0 aromatic heterocycles. The Kier molecular flexibility index (Phi) is 3.69. The lowest BCUT2D eigenvalue weighted by Crippen LogP contribution is -2.19. The van der Waals surface area contributed by atoms with Crippen molar-refractivity contribution in [1.29, 1.82) is 0 Å². The molecule has 3 N–H and O–H groups in total. The van der Waals surface area contributed by atoms with Crippen molar-refractivity contribution in [3.63, 3.8) is 0 Å². The van der Waals surface area contributed by atoms with Crippen molar-refractivity contribution >= 4 is 29.0 Å². The van der Waals surface area contributed by atoms with E-state index in [0.29, 0.717) is 11.4 Å². The summed E-state index contributed by atoms with van der Waals surface area (Å²) in [6.07, 6.45) is 0. The average molecular weight is 263 g/mol. The van der Waals surface area contributed by atoms with Crippen LogP contribution >= 0.6 is 11.6 Å². The zero-order valence-corrected chi connectivity index (χ0v) is 10.1. The molecule has 0 aliphatic carbocycles. The van der Waals surface area contributed by atoms with Gasteiger partial charge in [-0.15, -0.1) is 0 Å². The van der Waals surface area contributed by atoms with Crippen molar-refractivity contribution in [2.45, 2.75) is 0 Å². The number of para-hydroxylation sites is 1. The highest BCUT2D eigenvalue weighted by Gasteiger charge is 2.06. The molecule has 2 aromatic rings. The molecule has 0 unspecified atom stereocenters. The van der Waals surface area contributed by atoms with Crippen LogP contribution in [0.1, 0.15) is 0 Å². The molecule has 2 aromatic carbocycles.